The topological polar surface area (TPSA) is 93.7 Å². The molecule has 1 aromatic carbocycles. The molecule has 144 valence electrons. The van der Waals surface area contributed by atoms with Crippen LogP contribution >= 0.6 is 0 Å². The van der Waals surface area contributed by atoms with Gasteiger partial charge in [0.15, 0.2) is 0 Å². The summed E-state index contributed by atoms with van der Waals surface area (Å²) in [5, 5.41) is 9.23. The minimum Gasteiger partial charge on any atom is -0.369 e. The van der Waals surface area contributed by atoms with Gasteiger partial charge in [-0.15, -0.1) is 0 Å². The quantitative estimate of drug-likeness (QED) is 0.811. The third kappa shape index (κ3) is 5.06. The van der Waals surface area contributed by atoms with E-state index in [0.29, 0.717) is 25.2 Å². The number of nitriles is 1. The minimum atomic E-state index is -0.339. The van der Waals surface area contributed by atoms with Crippen molar-refractivity contribution >= 4 is 11.8 Å². The van der Waals surface area contributed by atoms with Crippen LogP contribution in [-0.4, -0.2) is 72.3 Å². The lowest BCUT2D eigenvalue weighted by atomic mass is 9.96. The van der Waals surface area contributed by atoms with Crippen molar-refractivity contribution in [2.24, 2.45) is 11.7 Å². The zero-order valence-electron chi connectivity index (χ0n) is 15.6. The number of nitrogens with zero attached hydrogens (tertiary/aromatic N) is 4. The predicted molar refractivity (Wildman–Crippen MR) is 101 cm³/mol. The van der Waals surface area contributed by atoms with Crippen LogP contribution in [-0.2, 0) is 16.1 Å². The van der Waals surface area contributed by atoms with Gasteiger partial charge < -0.3 is 10.6 Å². The molecule has 1 atom stereocenters. The Morgan fingerprint density at radius 1 is 1.11 bits per heavy atom. The van der Waals surface area contributed by atoms with E-state index in [2.05, 4.69) is 11.0 Å². The van der Waals surface area contributed by atoms with Gasteiger partial charge in [0.05, 0.1) is 24.1 Å². The molecule has 2 heterocycles. The van der Waals surface area contributed by atoms with E-state index in [4.69, 9.17) is 5.73 Å². The molecule has 2 aliphatic rings. The van der Waals surface area contributed by atoms with Crippen LogP contribution in [0.1, 0.15) is 24.0 Å². The number of carbonyl (C=O) groups is 2. The molecule has 0 spiro atoms. The number of nitrogens with two attached hydrogens (primary N) is 1. The number of hydrogen-bond donors (Lipinski definition) is 1. The third-order valence-electron chi connectivity index (χ3n) is 5.45. The summed E-state index contributed by atoms with van der Waals surface area (Å²) in [6.07, 6.45) is 1.80. The average Bonchev–Trinajstić information content (AvgIpc) is 2.68. The lowest BCUT2D eigenvalue weighted by Crippen LogP contribution is -2.52. The molecule has 27 heavy (non-hydrogen) atoms. The monoisotopic (exact) mass is 369 g/mol. The van der Waals surface area contributed by atoms with Crippen LogP contribution in [0.3, 0.4) is 0 Å². The molecule has 0 radical (unpaired) electrons. The maximum absolute atomic E-state index is 12.9. The number of rotatable bonds is 5. The molecule has 0 saturated carbocycles. The van der Waals surface area contributed by atoms with Gasteiger partial charge in [-0.3, -0.25) is 19.4 Å². The highest BCUT2D eigenvalue weighted by molar-refractivity contribution is 5.80. The number of benzene rings is 1. The van der Waals surface area contributed by atoms with Gasteiger partial charge >= 0.3 is 0 Å². The minimum absolute atomic E-state index is 0.0380. The Labute approximate surface area is 160 Å². The van der Waals surface area contributed by atoms with E-state index in [9.17, 15) is 14.9 Å². The SMILES string of the molecule is N#Cc1ccccc1CN1CCN(C(=O)[C@H]2CCCN(CC(N)=O)C2)CC1. The lowest BCUT2D eigenvalue weighted by Gasteiger charge is -2.38. The van der Waals surface area contributed by atoms with Crippen molar-refractivity contribution in [3.05, 3.63) is 35.4 Å². The van der Waals surface area contributed by atoms with Crippen molar-refractivity contribution in [1.29, 1.82) is 5.26 Å². The molecular formula is C20H27N5O2. The first-order chi connectivity index (χ1) is 13.1. The Hall–Kier alpha value is -2.43. The highest BCUT2D eigenvalue weighted by Crippen LogP contribution is 2.20. The fourth-order valence-electron chi connectivity index (χ4n) is 4.01. The summed E-state index contributed by atoms with van der Waals surface area (Å²) in [5.41, 5.74) is 7.04. The normalized spacial score (nSPS) is 21.6. The summed E-state index contributed by atoms with van der Waals surface area (Å²) < 4.78 is 0. The molecule has 0 unspecified atom stereocenters. The van der Waals surface area contributed by atoms with Crippen molar-refractivity contribution in [3.8, 4) is 6.07 Å². The van der Waals surface area contributed by atoms with Gasteiger partial charge in [-0.05, 0) is 31.0 Å². The zero-order valence-corrected chi connectivity index (χ0v) is 15.6. The van der Waals surface area contributed by atoms with Crippen LogP contribution in [0.2, 0.25) is 0 Å². The number of hydrogen-bond acceptors (Lipinski definition) is 5. The van der Waals surface area contributed by atoms with Crippen molar-refractivity contribution in [2.75, 3.05) is 45.8 Å². The molecule has 2 saturated heterocycles. The van der Waals surface area contributed by atoms with E-state index in [1.807, 2.05) is 34.1 Å². The first kappa shape index (κ1) is 19.3. The number of primary amides is 1. The van der Waals surface area contributed by atoms with Crippen LogP contribution in [0, 0.1) is 17.2 Å². The van der Waals surface area contributed by atoms with Gasteiger partial charge in [0.1, 0.15) is 0 Å². The molecule has 0 aliphatic carbocycles. The van der Waals surface area contributed by atoms with E-state index in [-0.39, 0.29) is 24.3 Å². The number of amides is 2. The second-order valence-corrected chi connectivity index (χ2v) is 7.41. The molecule has 7 nitrogen and oxygen atoms in total. The van der Waals surface area contributed by atoms with Crippen LogP contribution in [0.25, 0.3) is 0 Å². The number of piperidine rings is 1. The van der Waals surface area contributed by atoms with Crippen molar-refractivity contribution in [3.63, 3.8) is 0 Å². The van der Waals surface area contributed by atoms with Crippen LogP contribution in [0.4, 0.5) is 0 Å². The number of carbonyl (C=O) groups excluding carboxylic acids is 2. The second kappa shape index (κ2) is 8.98. The molecule has 0 aromatic heterocycles. The summed E-state index contributed by atoms with van der Waals surface area (Å²) >= 11 is 0. The molecule has 7 heteroatoms. The molecular weight excluding hydrogens is 342 g/mol. The molecule has 2 fully saturated rings. The summed E-state index contributed by atoms with van der Waals surface area (Å²) in [6.45, 7) is 5.46. The molecule has 2 amide bonds. The molecule has 2 N–H and O–H groups in total. The van der Waals surface area contributed by atoms with Gasteiger partial charge in [0.25, 0.3) is 0 Å². The number of likely N-dealkylation sites (tertiary alicyclic amines) is 1. The van der Waals surface area contributed by atoms with Crippen LogP contribution in [0.5, 0.6) is 0 Å². The molecule has 3 rings (SSSR count). The Morgan fingerprint density at radius 2 is 1.85 bits per heavy atom. The van der Waals surface area contributed by atoms with Crippen molar-refractivity contribution < 1.29 is 9.59 Å². The fourth-order valence-corrected chi connectivity index (χ4v) is 4.01. The van der Waals surface area contributed by atoms with E-state index in [1.165, 1.54) is 0 Å². The van der Waals surface area contributed by atoms with E-state index >= 15 is 0 Å². The van der Waals surface area contributed by atoms with E-state index < -0.39 is 0 Å². The first-order valence-electron chi connectivity index (χ1n) is 9.56. The van der Waals surface area contributed by atoms with Crippen molar-refractivity contribution in [2.45, 2.75) is 19.4 Å². The zero-order chi connectivity index (χ0) is 19.2. The standard InChI is InChI=1S/C20H27N5O2/c21-12-16-4-1-2-5-17(16)13-23-8-10-25(11-9-23)20(27)18-6-3-7-24(14-18)15-19(22)26/h1-2,4-5,18H,3,6-11,13-15H2,(H2,22,26)/t18-/m0/s1. The summed E-state index contributed by atoms with van der Waals surface area (Å²) in [5.74, 6) is -0.181. The highest BCUT2D eigenvalue weighted by atomic mass is 16.2. The van der Waals surface area contributed by atoms with Gasteiger partial charge in [-0.25, -0.2) is 0 Å². The average molecular weight is 369 g/mol. The Kier molecular flexibility index (Phi) is 6.43. The van der Waals surface area contributed by atoms with Gasteiger partial charge in [0.2, 0.25) is 11.8 Å². The summed E-state index contributed by atoms with van der Waals surface area (Å²) in [7, 11) is 0. The molecule has 2 aliphatic heterocycles. The van der Waals surface area contributed by atoms with Gasteiger partial charge in [-0.1, -0.05) is 18.2 Å². The second-order valence-electron chi connectivity index (χ2n) is 7.41. The van der Waals surface area contributed by atoms with Gasteiger partial charge in [0, 0.05) is 39.3 Å². The largest absolute Gasteiger partial charge is 0.369 e. The predicted octanol–water partition coefficient (Wildman–Crippen LogP) is 0.400. The highest BCUT2D eigenvalue weighted by Gasteiger charge is 2.31. The van der Waals surface area contributed by atoms with Gasteiger partial charge in [-0.2, -0.15) is 5.26 Å². The molecule has 0 bridgehead atoms. The third-order valence-corrected chi connectivity index (χ3v) is 5.45. The number of piperazine rings is 1. The van der Waals surface area contributed by atoms with E-state index in [0.717, 1.165) is 44.6 Å². The Balaban J connectivity index is 1.50. The maximum atomic E-state index is 12.9. The molecule has 1 aromatic rings. The lowest BCUT2D eigenvalue weighted by molar-refractivity contribution is -0.139. The Bertz CT molecular complexity index is 721. The fraction of sp³-hybridized carbons (Fsp3) is 0.550. The van der Waals surface area contributed by atoms with Crippen molar-refractivity contribution in [1.82, 2.24) is 14.7 Å². The van der Waals surface area contributed by atoms with Crippen LogP contribution in [0.15, 0.2) is 24.3 Å². The smallest absolute Gasteiger partial charge is 0.231 e. The first-order valence-corrected chi connectivity index (χ1v) is 9.56. The Morgan fingerprint density at radius 3 is 2.56 bits per heavy atom. The maximum Gasteiger partial charge on any atom is 0.231 e. The van der Waals surface area contributed by atoms with E-state index in [1.54, 1.807) is 0 Å². The summed E-state index contributed by atoms with van der Waals surface area (Å²) in [4.78, 5) is 30.2. The van der Waals surface area contributed by atoms with Crippen LogP contribution < -0.4 is 5.73 Å². The summed E-state index contributed by atoms with van der Waals surface area (Å²) in [6, 6.07) is 9.91.